The van der Waals surface area contributed by atoms with Gasteiger partial charge in [0, 0.05) is 12.3 Å². The van der Waals surface area contributed by atoms with Gasteiger partial charge in [0.1, 0.15) is 0 Å². The Labute approximate surface area is 154 Å². The third-order valence-electron chi connectivity index (χ3n) is 3.87. The number of imidazole rings is 1. The third-order valence-corrected chi connectivity index (χ3v) is 5.83. The molecule has 3 N–H and O–H groups in total. The van der Waals surface area contributed by atoms with Crippen molar-refractivity contribution >= 4 is 38.8 Å². The van der Waals surface area contributed by atoms with E-state index in [9.17, 15) is 13.2 Å². The van der Waals surface area contributed by atoms with Crippen LogP contribution in [0.3, 0.4) is 0 Å². The van der Waals surface area contributed by atoms with E-state index in [0.29, 0.717) is 17.8 Å². The van der Waals surface area contributed by atoms with Crippen molar-refractivity contribution in [2.24, 2.45) is 5.14 Å². The SMILES string of the molecule is CCn1c(SCc2cccc(C(=O)O)c2)nc2cc(S(N)(=O)=O)ccc21. The van der Waals surface area contributed by atoms with Crippen molar-refractivity contribution in [2.75, 3.05) is 0 Å². The average molecular weight is 391 g/mol. The lowest BCUT2D eigenvalue weighted by molar-refractivity contribution is 0.0696. The fourth-order valence-electron chi connectivity index (χ4n) is 2.62. The van der Waals surface area contributed by atoms with Gasteiger partial charge in [-0.25, -0.2) is 23.3 Å². The molecule has 7 nitrogen and oxygen atoms in total. The Morgan fingerprint density at radius 2 is 2.04 bits per heavy atom. The van der Waals surface area contributed by atoms with Crippen molar-refractivity contribution in [3.05, 3.63) is 53.6 Å². The molecular formula is C17H17N3O4S2. The van der Waals surface area contributed by atoms with E-state index in [0.717, 1.165) is 16.2 Å². The summed E-state index contributed by atoms with van der Waals surface area (Å²) in [6, 6.07) is 11.4. The largest absolute Gasteiger partial charge is 0.478 e. The molecular weight excluding hydrogens is 374 g/mol. The fraction of sp³-hybridized carbons (Fsp3) is 0.176. The van der Waals surface area contributed by atoms with Gasteiger partial charge in [0.2, 0.25) is 10.0 Å². The van der Waals surface area contributed by atoms with Crippen molar-refractivity contribution in [1.82, 2.24) is 9.55 Å². The maximum absolute atomic E-state index is 11.5. The number of carbonyl (C=O) groups is 1. The number of aryl methyl sites for hydroxylation is 1. The molecule has 0 fully saturated rings. The minimum atomic E-state index is -3.78. The molecule has 1 heterocycles. The summed E-state index contributed by atoms with van der Waals surface area (Å²) in [6.07, 6.45) is 0. The number of benzene rings is 2. The molecule has 3 aromatic rings. The standard InChI is InChI=1S/C17H17N3O4S2/c1-2-20-15-7-6-13(26(18,23)24)9-14(15)19-17(20)25-10-11-4-3-5-12(8-11)16(21)22/h3-9H,2,10H2,1H3,(H,21,22)(H2,18,23,24). The number of rotatable bonds is 6. The molecule has 0 aliphatic carbocycles. The summed E-state index contributed by atoms with van der Waals surface area (Å²) >= 11 is 1.46. The number of aromatic nitrogens is 2. The number of nitrogens with two attached hydrogens (primary N) is 1. The van der Waals surface area contributed by atoms with Gasteiger partial charge < -0.3 is 9.67 Å². The molecule has 0 radical (unpaired) electrons. The predicted molar refractivity (Wildman–Crippen MR) is 99.7 cm³/mol. The predicted octanol–water partition coefficient (Wildman–Crippen LogP) is 2.69. The molecule has 1 aromatic heterocycles. The van der Waals surface area contributed by atoms with Crippen LogP contribution >= 0.6 is 11.8 Å². The van der Waals surface area contributed by atoms with E-state index in [1.54, 1.807) is 24.3 Å². The second kappa shape index (κ2) is 7.10. The number of carboxylic acids is 1. The van der Waals surface area contributed by atoms with Gasteiger partial charge in [-0.15, -0.1) is 0 Å². The molecule has 3 rings (SSSR count). The van der Waals surface area contributed by atoms with Gasteiger partial charge in [-0.05, 0) is 42.8 Å². The zero-order valence-corrected chi connectivity index (χ0v) is 15.5. The van der Waals surface area contributed by atoms with Crippen LogP contribution in [0.15, 0.2) is 52.5 Å². The molecule has 26 heavy (non-hydrogen) atoms. The van der Waals surface area contributed by atoms with Gasteiger partial charge in [-0.1, -0.05) is 23.9 Å². The summed E-state index contributed by atoms with van der Waals surface area (Å²) in [5.74, 6) is -0.417. The van der Waals surface area contributed by atoms with Crippen molar-refractivity contribution in [1.29, 1.82) is 0 Å². The number of hydrogen-bond acceptors (Lipinski definition) is 5. The molecule has 0 unspecified atom stereocenters. The Kier molecular flexibility index (Phi) is 5.03. The zero-order valence-electron chi connectivity index (χ0n) is 13.9. The van der Waals surface area contributed by atoms with E-state index >= 15 is 0 Å². The van der Waals surface area contributed by atoms with E-state index in [1.165, 1.54) is 23.9 Å². The molecule has 0 bridgehead atoms. The first-order chi connectivity index (χ1) is 12.3. The number of thioether (sulfide) groups is 1. The minimum Gasteiger partial charge on any atom is -0.478 e. The minimum absolute atomic E-state index is 0.0245. The Morgan fingerprint density at radius 1 is 1.27 bits per heavy atom. The van der Waals surface area contributed by atoms with Crippen molar-refractivity contribution < 1.29 is 18.3 Å². The van der Waals surface area contributed by atoms with Crippen LogP contribution in [0.25, 0.3) is 11.0 Å². The van der Waals surface area contributed by atoms with Crippen LogP contribution in [-0.2, 0) is 22.3 Å². The average Bonchev–Trinajstić information content (AvgIpc) is 2.96. The summed E-state index contributed by atoms with van der Waals surface area (Å²) in [6.45, 7) is 2.65. The lowest BCUT2D eigenvalue weighted by Gasteiger charge is -2.06. The first kappa shape index (κ1) is 18.4. The lowest BCUT2D eigenvalue weighted by Crippen LogP contribution is -2.11. The Morgan fingerprint density at radius 3 is 2.69 bits per heavy atom. The molecule has 0 atom stereocenters. The number of nitrogens with zero attached hydrogens (tertiary/aromatic N) is 2. The molecule has 0 saturated carbocycles. The normalized spacial score (nSPS) is 11.8. The summed E-state index contributed by atoms with van der Waals surface area (Å²) in [5, 5.41) is 15.0. The van der Waals surface area contributed by atoms with Gasteiger partial charge >= 0.3 is 5.97 Å². The number of primary sulfonamides is 1. The molecule has 9 heteroatoms. The highest BCUT2D eigenvalue weighted by atomic mass is 32.2. The second-order valence-electron chi connectivity index (χ2n) is 5.63. The molecule has 0 saturated heterocycles. The number of sulfonamides is 1. The van der Waals surface area contributed by atoms with Crippen molar-refractivity contribution in [3.63, 3.8) is 0 Å². The fourth-order valence-corrected chi connectivity index (χ4v) is 4.18. The highest BCUT2D eigenvalue weighted by Crippen LogP contribution is 2.28. The quantitative estimate of drug-likeness (QED) is 0.624. The van der Waals surface area contributed by atoms with Crippen molar-refractivity contribution in [3.8, 4) is 0 Å². The Bertz CT molecular complexity index is 1090. The maximum Gasteiger partial charge on any atom is 0.335 e. The topological polar surface area (TPSA) is 115 Å². The smallest absolute Gasteiger partial charge is 0.335 e. The second-order valence-corrected chi connectivity index (χ2v) is 8.13. The van der Waals surface area contributed by atoms with Gasteiger partial charge in [-0.2, -0.15) is 0 Å². The summed E-state index contributed by atoms with van der Waals surface area (Å²) in [5.41, 5.74) is 2.49. The molecule has 0 aliphatic rings. The summed E-state index contributed by atoms with van der Waals surface area (Å²) in [7, 11) is -3.78. The first-order valence-corrected chi connectivity index (χ1v) is 10.3. The third kappa shape index (κ3) is 3.74. The maximum atomic E-state index is 11.5. The molecule has 136 valence electrons. The van der Waals surface area contributed by atoms with Crippen LogP contribution < -0.4 is 5.14 Å². The number of carboxylic acid groups (broad SMARTS) is 1. The molecule has 0 aliphatic heterocycles. The van der Waals surface area contributed by atoms with Gasteiger partial charge in [0.25, 0.3) is 0 Å². The number of aromatic carboxylic acids is 1. The molecule has 0 spiro atoms. The van der Waals surface area contributed by atoms with E-state index in [1.807, 2.05) is 17.6 Å². The lowest BCUT2D eigenvalue weighted by atomic mass is 10.1. The Balaban J connectivity index is 1.92. The monoisotopic (exact) mass is 391 g/mol. The van der Waals surface area contributed by atoms with Crippen molar-refractivity contribution in [2.45, 2.75) is 29.3 Å². The van der Waals surface area contributed by atoms with Crippen LogP contribution in [0.4, 0.5) is 0 Å². The highest BCUT2D eigenvalue weighted by molar-refractivity contribution is 7.98. The van der Waals surface area contributed by atoms with E-state index in [2.05, 4.69) is 4.98 Å². The highest BCUT2D eigenvalue weighted by Gasteiger charge is 2.15. The van der Waals surface area contributed by atoms with Gasteiger partial charge in [0.05, 0.1) is 21.5 Å². The van der Waals surface area contributed by atoms with Gasteiger partial charge in [-0.3, -0.25) is 0 Å². The summed E-state index contributed by atoms with van der Waals surface area (Å²) < 4.78 is 25.0. The Hall–Kier alpha value is -2.36. The summed E-state index contributed by atoms with van der Waals surface area (Å²) in [4.78, 5) is 15.6. The van der Waals surface area contributed by atoms with Crippen LogP contribution in [0.2, 0.25) is 0 Å². The van der Waals surface area contributed by atoms with Crippen LogP contribution in [0.1, 0.15) is 22.8 Å². The van der Waals surface area contributed by atoms with Crippen LogP contribution in [0.5, 0.6) is 0 Å². The van der Waals surface area contributed by atoms with Crippen LogP contribution in [-0.4, -0.2) is 29.0 Å². The zero-order chi connectivity index (χ0) is 18.9. The molecule has 2 aromatic carbocycles. The number of fused-ring (bicyclic) bond motifs is 1. The first-order valence-electron chi connectivity index (χ1n) is 7.77. The van der Waals surface area contributed by atoms with E-state index < -0.39 is 16.0 Å². The van der Waals surface area contributed by atoms with E-state index in [-0.39, 0.29) is 10.5 Å². The van der Waals surface area contributed by atoms with Crippen LogP contribution in [0, 0.1) is 0 Å². The van der Waals surface area contributed by atoms with Gasteiger partial charge in [0.15, 0.2) is 5.16 Å². The van der Waals surface area contributed by atoms with E-state index in [4.69, 9.17) is 10.2 Å². The molecule has 0 amide bonds. The number of hydrogen-bond donors (Lipinski definition) is 2.